The van der Waals surface area contributed by atoms with Gasteiger partial charge < -0.3 is 5.11 Å². The van der Waals surface area contributed by atoms with Crippen LogP contribution in [0, 0.1) is 0 Å². The average molecular weight is 249 g/mol. The molecule has 0 aliphatic rings. The van der Waals surface area contributed by atoms with Crippen LogP contribution >= 0.6 is 0 Å². The van der Waals surface area contributed by atoms with E-state index in [0.717, 1.165) is 22.2 Å². The molecule has 2 aromatic carbocycles. The molecule has 0 fully saturated rings. The standard InChI is InChI=1S/C17H15NO/c19-17(12-13-6-2-1-3-7-13)16-11-10-14-8-4-5-9-15(14)18-16/h1-11,17,19H,12H2. The Balaban J connectivity index is 1.87. The van der Waals surface area contributed by atoms with E-state index in [-0.39, 0.29) is 0 Å². The molecule has 0 radical (unpaired) electrons. The van der Waals surface area contributed by atoms with Crippen molar-refractivity contribution < 1.29 is 5.11 Å². The number of aliphatic hydroxyl groups is 1. The van der Waals surface area contributed by atoms with E-state index in [2.05, 4.69) is 4.98 Å². The minimum Gasteiger partial charge on any atom is -0.386 e. The van der Waals surface area contributed by atoms with Crippen molar-refractivity contribution in [1.82, 2.24) is 4.98 Å². The van der Waals surface area contributed by atoms with Crippen LogP contribution in [0.2, 0.25) is 0 Å². The number of para-hydroxylation sites is 1. The smallest absolute Gasteiger partial charge is 0.1000 e. The van der Waals surface area contributed by atoms with E-state index >= 15 is 0 Å². The second-order valence-electron chi connectivity index (χ2n) is 4.63. The van der Waals surface area contributed by atoms with E-state index in [4.69, 9.17) is 0 Å². The Morgan fingerprint density at radius 1 is 0.842 bits per heavy atom. The zero-order valence-electron chi connectivity index (χ0n) is 10.5. The van der Waals surface area contributed by atoms with Crippen LogP contribution < -0.4 is 0 Å². The summed E-state index contributed by atoms with van der Waals surface area (Å²) < 4.78 is 0. The molecule has 3 rings (SSSR count). The van der Waals surface area contributed by atoms with Crippen molar-refractivity contribution in [3.63, 3.8) is 0 Å². The highest BCUT2D eigenvalue weighted by molar-refractivity contribution is 5.78. The predicted molar refractivity (Wildman–Crippen MR) is 76.8 cm³/mol. The lowest BCUT2D eigenvalue weighted by Crippen LogP contribution is -2.04. The molecule has 2 heteroatoms. The van der Waals surface area contributed by atoms with Gasteiger partial charge in [-0.3, -0.25) is 4.98 Å². The molecule has 0 spiro atoms. The number of nitrogens with zero attached hydrogens (tertiary/aromatic N) is 1. The van der Waals surface area contributed by atoms with Crippen molar-refractivity contribution in [3.05, 3.63) is 78.0 Å². The molecule has 1 N–H and O–H groups in total. The van der Waals surface area contributed by atoms with Gasteiger partial charge in [-0.2, -0.15) is 0 Å². The van der Waals surface area contributed by atoms with Crippen molar-refractivity contribution in [2.75, 3.05) is 0 Å². The highest BCUT2D eigenvalue weighted by Gasteiger charge is 2.10. The lowest BCUT2D eigenvalue weighted by atomic mass is 10.0. The van der Waals surface area contributed by atoms with Gasteiger partial charge in [-0.15, -0.1) is 0 Å². The summed E-state index contributed by atoms with van der Waals surface area (Å²) in [6, 6.07) is 21.8. The van der Waals surface area contributed by atoms with Crippen LogP contribution in [-0.2, 0) is 6.42 Å². The minimum absolute atomic E-state index is 0.563. The third kappa shape index (κ3) is 2.64. The molecule has 3 aromatic rings. The number of hydrogen-bond acceptors (Lipinski definition) is 2. The molecule has 0 bridgehead atoms. The number of benzene rings is 2. The van der Waals surface area contributed by atoms with Crippen molar-refractivity contribution in [3.8, 4) is 0 Å². The van der Waals surface area contributed by atoms with Crippen LogP contribution in [0.1, 0.15) is 17.4 Å². The van der Waals surface area contributed by atoms with E-state index in [9.17, 15) is 5.11 Å². The van der Waals surface area contributed by atoms with Crippen molar-refractivity contribution in [2.45, 2.75) is 12.5 Å². The Kier molecular flexibility index (Phi) is 3.25. The van der Waals surface area contributed by atoms with Crippen LogP contribution in [0.25, 0.3) is 10.9 Å². The molecule has 1 atom stereocenters. The third-order valence-electron chi connectivity index (χ3n) is 3.23. The van der Waals surface area contributed by atoms with Crippen molar-refractivity contribution in [1.29, 1.82) is 0 Å². The SMILES string of the molecule is OC(Cc1ccccc1)c1ccc2ccccc2n1. The Morgan fingerprint density at radius 3 is 2.42 bits per heavy atom. The van der Waals surface area contributed by atoms with Crippen LogP contribution in [0.3, 0.4) is 0 Å². The average Bonchev–Trinajstić information content (AvgIpc) is 2.48. The Hall–Kier alpha value is -2.19. The minimum atomic E-state index is -0.563. The third-order valence-corrected chi connectivity index (χ3v) is 3.23. The number of pyridine rings is 1. The Labute approximate surface area is 112 Å². The van der Waals surface area contributed by atoms with Crippen LogP contribution in [0.15, 0.2) is 66.7 Å². The monoisotopic (exact) mass is 249 g/mol. The zero-order chi connectivity index (χ0) is 13.1. The van der Waals surface area contributed by atoms with E-state index in [1.807, 2.05) is 66.7 Å². The van der Waals surface area contributed by atoms with E-state index in [1.54, 1.807) is 0 Å². The first kappa shape index (κ1) is 11.9. The molecule has 1 unspecified atom stereocenters. The summed E-state index contributed by atoms with van der Waals surface area (Å²) in [5, 5.41) is 11.4. The Morgan fingerprint density at radius 2 is 1.58 bits per heavy atom. The molecule has 1 heterocycles. The molecule has 19 heavy (non-hydrogen) atoms. The van der Waals surface area contributed by atoms with E-state index in [1.165, 1.54) is 0 Å². The van der Waals surface area contributed by atoms with Gasteiger partial charge in [0.05, 0.1) is 17.3 Å². The fourth-order valence-corrected chi connectivity index (χ4v) is 2.21. The fourth-order valence-electron chi connectivity index (χ4n) is 2.21. The second-order valence-corrected chi connectivity index (χ2v) is 4.63. The number of rotatable bonds is 3. The highest BCUT2D eigenvalue weighted by Crippen LogP contribution is 2.19. The second kappa shape index (κ2) is 5.21. The molecule has 0 aliphatic heterocycles. The lowest BCUT2D eigenvalue weighted by molar-refractivity contribution is 0.174. The van der Waals surface area contributed by atoms with Crippen molar-refractivity contribution >= 4 is 10.9 Å². The quantitative estimate of drug-likeness (QED) is 0.770. The molecule has 1 aromatic heterocycles. The molecule has 0 saturated heterocycles. The summed E-state index contributed by atoms with van der Waals surface area (Å²) in [6.07, 6.45) is 0.0265. The number of aliphatic hydroxyl groups excluding tert-OH is 1. The summed E-state index contributed by atoms with van der Waals surface area (Å²) >= 11 is 0. The maximum absolute atomic E-state index is 10.3. The van der Waals surface area contributed by atoms with Crippen LogP contribution in [-0.4, -0.2) is 10.1 Å². The van der Waals surface area contributed by atoms with Gasteiger partial charge in [0.25, 0.3) is 0 Å². The topological polar surface area (TPSA) is 33.1 Å². The van der Waals surface area contributed by atoms with Crippen molar-refractivity contribution in [2.24, 2.45) is 0 Å². The maximum Gasteiger partial charge on any atom is 0.1000 e. The van der Waals surface area contributed by atoms with E-state index in [0.29, 0.717) is 6.42 Å². The van der Waals surface area contributed by atoms with Gasteiger partial charge in [0, 0.05) is 11.8 Å². The molecular weight excluding hydrogens is 234 g/mol. The molecule has 0 amide bonds. The largest absolute Gasteiger partial charge is 0.386 e. The normalized spacial score (nSPS) is 12.5. The summed E-state index contributed by atoms with van der Waals surface area (Å²) in [5.41, 5.74) is 2.76. The molecule has 2 nitrogen and oxygen atoms in total. The maximum atomic E-state index is 10.3. The molecular formula is C17H15NO. The van der Waals surface area contributed by atoms with Gasteiger partial charge in [-0.25, -0.2) is 0 Å². The molecule has 0 aliphatic carbocycles. The highest BCUT2D eigenvalue weighted by atomic mass is 16.3. The molecule has 94 valence electrons. The Bertz CT molecular complexity index is 679. The fraction of sp³-hybridized carbons (Fsp3) is 0.118. The lowest BCUT2D eigenvalue weighted by Gasteiger charge is -2.11. The van der Waals surface area contributed by atoms with Gasteiger partial charge in [0.2, 0.25) is 0 Å². The summed E-state index contributed by atoms with van der Waals surface area (Å²) in [5.74, 6) is 0. The van der Waals surface area contributed by atoms with E-state index < -0.39 is 6.10 Å². The number of fused-ring (bicyclic) bond motifs is 1. The number of aromatic nitrogens is 1. The van der Waals surface area contributed by atoms with Gasteiger partial charge in [-0.05, 0) is 17.7 Å². The van der Waals surface area contributed by atoms with Gasteiger partial charge in [0.15, 0.2) is 0 Å². The zero-order valence-corrected chi connectivity index (χ0v) is 10.5. The summed E-state index contributed by atoms with van der Waals surface area (Å²) in [4.78, 5) is 4.52. The van der Waals surface area contributed by atoms with Gasteiger partial charge in [-0.1, -0.05) is 54.6 Å². The predicted octanol–water partition coefficient (Wildman–Crippen LogP) is 3.51. The van der Waals surface area contributed by atoms with Crippen LogP contribution in [0.5, 0.6) is 0 Å². The van der Waals surface area contributed by atoms with Gasteiger partial charge in [0.1, 0.15) is 0 Å². The summed E-state index contributed by atoms with van der Waals surface area (Å²) in [7, 11) is 0. The first-order valence-electron chi connectivity index (χ1n) is 6.40. The van der Waals surface area contributed by atoms with Gasteiger partial charge >= 0.3 is 0 Å². The summed E-state index contributed by atoms with van der Waals surface area (Å²) in [6.45, 7) is 0. The van der Waals surface area contributed by atoms with Crippen LogP contribution in [0.4, 0.5) is 0 Å². The first-order chi connectivity index (χ1) is 9.33. The number of hydrogen-bond donors (Lipinski definition) is 1. The molecule has 0 saturated carbocycles. The first-order valence-corrected chi connectivity index (χ1v) is 6.40.